The molecule has 0 fully saturated rings. The second-order valence-corrected chi connectivity index (χ2v) is 33.2. The third-order valence-corrected chi connectivity index (χ3v) is 17.7. The van der Waals surface area contributed by atoms with E-state index in [4.69, 9.17) is 34.8 Å². The average Bonchev–Trinajstić information content (AvgIpc) is 1.04. The Morgan fingerprint density at radius 3 is 0.851 bits per heavy atom. The molecule has 0 spiro atoms. The fourth-order valence-corrected chi connectivity index (χ4v) is 13.0. The van der Waals surface area contributed by atoms with E-state index < -0.39 is 6.67 Å². The van der Waals surface area contributed by atoms with Crippen molar-refractivity contribution in [2.24, 2.45) is 0 Å². The van der Waals surface area contributed by atoms with Gasteiger partial charge in [-0.25, -0.2) is 4.39 Å². The van der Waals surface area contributed by atoms with Gasteiger partial charge in [-0.1, -0.05) is 359 Å². The lowest BCUT2D eigenvalue weighted by Crippen LogP contribution is -2.15. The van der Waals surface area contributed by atoms with E-state index in [-0.39, 0.29) is 43.3 Å². The van der Waals surface area contributed by atoms with Crippen LogP contribution in [0.2, 0.25) is 15.1 Å². The first-order valence-corrected chi connectivity index (χ1v) is 32.4. The maximum absolute atomic E-state index is 13.9. The van der Waals surface area contributed by atoms with Gasteiger partial charge >= 0.3 is 0 Å². The summed E-state index contributed by atoms with van der Waals surface area (Å²) in [6.45, 7) is 57.1. The van der Waals surface area contributed by atoms with Crippen LogP contribution < -0.4 is 0 Å². The van der Waals surface area contributed by atoms with Crippen molar-refractivity contribution in [2.45, 2.75) is 230 Å². The van der Waals surface area contributed by atoms with Crippen molar-refractivity contribution < 1.29 is 4.39 Å². The van der Waals surface area contributed by atoms with Gasteiger partial charge in [0.15, 0.2) is 0 Å². The second kappa shape index (κ2) is 27.7. The molecule has 0 N–H and O–H groups in total. The Morgan fingerprint density at radius 1 is 0.264 bits per heavy atom. The molecule has 8 aromatic carbocycles. The van der Waals surface area contributed by atoms with Crippen LogP contribution in [-0.2, 0) is 50.0 Å². The molecule has 0 radical (unpaired) electrons. The number of alkyl halides is 1. The summed E-state index contributed by atoms with van der Waals surface area (Å²) in [5, 5.41) is 2.46. The summed E-state index contributed by atoms with van der Waals surface area (Å²) in [6, 6.07) is 55.7. The van der Waals surface area contributed by atoms with Gasteiger partial charge in [-0.15, -0.1) is 0 Å². The highest BCUT2D eigenvalue weighted by molar-refractivity contribution is 6.37. The van der Waals surface area contributed by atoms with Crippen LogP contribution in [0.3, 0.4) is 0 Å². The quantitative estimate of drug-likeness (QED) is 0.161. The minimum Gasteiger partial charge on any atom is -0.246 e. The topological polar surface area (TPSA) is 0 Å². The van der Waals surface area contributed by atoms with Crippen LogP contribution in [-0.4, -0.2) is 0 Å². The summed E-state index contributed by atoms with van der Waals surface area (Å²) in [7, 11) is 0. The summed E-state index contributed by atoms with van der Waals surface area (Å²) in [5.74, 6) is 0. The van der Waals surface area contributed by atoms with Crippen LogP contribution in [0.1, 0.15) is 227 Å². The molecule has 0 aliphatic carbocycles. The van der Waals surface area contributed by atoms with E-state index >= 15 is 0 Å². The highest BCUT2D eigenvalue weighted by Crippen LogP contribution is 2.44. The minimum atomic E-state index is -0.429. The molecule has 0 bridgehead atoms. The molecule has 0 saturated heterocycles. The van der Waals surface area contributed by atoms with Crippen LogP contribution in [0.25, 0.3) is 44.5 Å². The predicted molar refractivity (Wildman–Crippen MR) is 386 cm³/mol. The zero-order chi connectivity index (χ0) is 65.8. The Kier molecular flexibility index (Phi) is 23.1. The lowest BCUT2D eigenvalue weighted by Gasteiger charge is -2.26. The number of rotatable bonds is 5. The van der Waals surface area contributed by atoms with Gasteiger partial charge in [-0.3, -0.25) is 0 Å². The van der Waals surface area contributed by atoms with Gasteiger partial charge < -0.3 is 0 Å². The zero-order valence-electron chi connectivity index (χ0n) is 58.2. The Balaban J connectivity index is 0.000000212. The van der Waals surface area contributed by atoms with E-state index in [1.54, 1.807) is 0 Å². The molecule has 0 unspecified atom stereocenters. The monoisotopic (exact) mass is 1230 g/mol. The zero-order valence-corrected chi connectivity index (χ0v) is 60.5. The fourth-order valence-electron chi connectivity index (χ4n) is 11.5. The molecule has 0 aromatic heterocycles. The fraction of sp³-hybridized carbons (Fsp3) is 0.422. The third kappa shape index (κ3) is 18.4. The lowest BCUT2D eigenvalue weighted by molar-refractivity contribution is 0.471. The molecule has 8 aromatic rings. The molecule has 0 saturated carbocycles. The molecular formula is C83H106Cl3F. The van der Waals surface area contributed by atoms with Crippen molar-refractivity contribution in [1.82, 2.24) is 0 Å². The van der Waals surface area contributed by atoms with E-state index in [1.807, 2.05) is 12.1 Å². The van der Waals surface area contributed by atoms with Crippen LogP contribution in [0, 0.1) is 13.8 Å². The molecule has 0 nitrogen and oxygen atoms in total. The molecule has 0 aliphatic rings. The van der Waals surface area contributed by atoms with E-state index in [0.717, 1.165) is 65.1 Å². The number of hydrogen-bond donors (Lipinski definition) is 0. The molecule has 87 heavy (non-hydrogen) atoms. The van der Waals surface area contributed by atoms with Gasteiger partial charge in [0, 0.05) is 16.7 Å². The van der Waals surface area contributed by atoms with Crippen molar-refractivity contribution in [3.63, 3.8) is 0 Å². The van der Waals surface area contributed by atoms with E-state index in [1.165, 1.54) is 55.6 Å². The van der Waals surface area contributed by atoms with Gasteiger partial charge in [-0.05, 0) is 146 Å². The summed E-state index contributed by atoms with van der Waals surface area (Å²) < 4.78 is 13.9. The van der Waals surface area contributed by atoms with Gasteiger partial charge in [0.2, 0.25) is 0 Å². The average molecular weight is 1230 g/mol. The number of hydrogen-bond acceptors (Lipinski definition) is 0. The molecule has 0 aliphatic heterocycles. The largest absolute Gasteiger partial charge is 0.246 e. The lowest BCUT2D eigenvalue weighted by atomic mass is 9.78. The third-order valence-electron chi connectivity index (χ3n) is 16.5. The van der Waals surface area contributed by atoms with Crippen LogP contribution >= 0.6 is 34.8 Å². The molecule has 466 valence electrons. The Bertz CT molecular complexity index is 3450. The molecule has 0 amide bonds. The highest BCUT2D eigenvalue weighted by atomic mass is 35.5. The maximum Gasteiger partial charge on any atom is 0.115 e. The summed E-state index contributed by atoms with van der Waals surface area (Å²) in [4.78, 5) is 0. The van der Waals surface area contributed by atoms with Crippen molar-refractivity contribution in [3.05, 3.63) is 234 Å². The number of benzene rings is 8. The molecule has 0 atom stereocenters. The standard InChI is InChI=1S/C22H29F.C21H28.C20H24Cl2.C20H25Cl/c1-15-16(10-8-12-19(15)21(2,3)4)17-11-9-13-20(18(17)14-23)22(5,6)7;1-15-18(12-9-13-19(15)21(5,6)7)16-10-8-11-17(14-16)20(2,3)4;1-19(2,3)15-11-7-9-13(17(15)21)14-10-8-12-16(18(14)22)20(4,5)6;1-19(2,3)15-10-7-9-14(13-15)16-11-8-12-17(18(16)21)20(4,5)6/h8-13H,14H2,1-7H3;8-14H,1-7H3;7-12H,1-6H3;7-13H,1-6H3. The summed E-state index contributed by atoms with van der Waals surface area (Å²) in [5.41, 5.74) is 23.3. The van der Waals surface area contributed by atoms with Crippen molar-refractivity contribution in [3.8, 4) is 44.5 Å². The molecule has 4 heteroatoms. The van der Waals surface area contributed by atoms with Gasteiger partial charge in [0.25, 0.3) is 0 Å². The SMILES string of the molecule is CC(C)(C)c1cccc(-c2cccc(C(C)(C)C)c2Cl)c1.CC(C)(C)c1cccc(-c2cccc(C(C)(C)C)c2Cl)c1Cl.Cc1c(-c2cccc(C(C)(C)C)c2)cccc1C(C)(C)C.Cc1c(-c2cccc(C(C)(C)C)c2CF)cccc1C(C)(C)C. The Morgan fingerprint density at radius 2 is 0.517 bits per heavy atom. The predicted octanol–water partition coefficient (Wildman–Crippen LogP) is 26.8. The number of halogens is 4. The first-order chi connectivity index (χ1) is 39.8. The van der Waals surface area contributed by atoms with E-state index in [0.29, 0.717) is 0 Å². The van der Waals surface area contributed by atoms with Gasteiger partial charge in [0.05, 0.1) is 15.1 Å². The first kappa shape index (κ1) is 72.3. The van der Waals surface area contributed by atoms with Crippen LogP contribution in [0.15, 0.2) is 158 Å². The highest BCUT2D eigenvalue weighted by Gasteiger charge is 2.27. The normalized spacial score (nSPS) is 12.5. The van der Waals surface area contributed by atoms with Gasteiger partial charge in [-0.2, -0.15) is 0 Å². The molecule has 8 rings (SSSR count). The maximum atomic E-state index is 13.9. The minimum absolute atomic E-state index is 0.00120. The van der Waals surface area contributed by atoms with Crippen LogP contribution in [0.4, 0.5) is 4.39 Å². The Hall–Kier alpha value is -5.44. The van der Waals surface area contributed by atoms with E-state index in [2.05, 4.69) is 326 Å². The Labute approximate surface area is 544 Å². The van der Waals surface area contributed by atoms with Crippen molar-refractivity contribution in [2.75, 3.05) is 0 Å². The van der Waals surface area contributed by atoms with Gasteiger partial charge in [0.1, 0.15) is 6.67 Å². The van der Waals surface area contributed by atoms with Crippen molar-refractivity contribution in [1.29, 1.82) is 0 Å². The molecule has 0 heterocycles. The molecular weight excluding hydrogens is 1120 g/mol. The van der Waals surface area contributed by atoms with Crippen molar-refractivity contribution >= 4 is 34.8 Å². The second-order valence-electron chi connectivity index (χ2n) is 32.1. The summed E-state index contributed by atoms with van der Waals surface area (Å²) >= 11 is 20.1. The van der Waals surface area contributed by atoms with Crippen LogP contribution in [0.5, 0.6) is 0 Å². The first-order valence-electron chi connectivity index (χ1n) is 31.3. The smallest absolute Gasteiger partial charge is 0.115 e. The summed E-state index contributed by atoms with van der Waals surface area (Å²) in [6.07, 6.45) is 0. The van der Waals surface area contributed by atoms with E-state index in [9.17, 15) is 4.39 Å².